The van der Waals surface area contributed by atoms with E-state index in [4.69, 9.17) is 4.74 Å². The molecule has 26 heavy (non-hydrogen) atoms. The predicted octanol–water partition coefficient (Wildman–Crippen LogP) is 2.99. The van der Waals surface area contributed by atoms with Gasteiger partial charge in [0.15, 0.2) is 0 Å². The molecule has 0 aromatic heterocycles. The van der Waals surface area contributed by atoms with Gasteiger partial charge in [-0.3, -0.25) is 4.79 Å². The third-order valence-corrected chi connectivity index (χ3v) is 5.70. The van der Waals surface area contributed by atoms with Gasteiger partial charge < -0.3 is 14.7 Å². The minimum absolute atomic E-state index is 0.0591. The van der Waals surface area contributed by atoms with Crippen LogP contribution in [0.5, 0.6) is 5.75 Å². The largest absolute Gasteiger partial charge is 0.497 e. The van der Waals surface area contributed by atoms with Crippen molar-refractivity contribution in [3.05, 3.63) is 65.5 Å². The number of carbonyl (C=O) groups is 1. The van der Waals surface area contributed by atoms with Crippen molar-refractivity contribution in [2.45, 2.75) is 30.3 Å². The molecule has 2 fully saturated rings. The molecular formula is C21H22FNO3. The summed E-state index contributed by atoms with van der Waals surface area (Å²) in [7, 11) is 1.61. The van der Waals surface area contributed by atoms with Gasteiger partial charge in [0.25, 0.3) is 0 Å². The first-order valence-corrected chi connectivity index (χ1v) is 8.89. The molecular weight excluding hydrogens is 333 g/mol. The lowest BCUT2D eigenvalue weighted by Gasteiger charge is -2.27. The quantitative estimate of drug-likeness (QED) is 0.917. The van der Waals surface area contributed by atoms with Crippen molar-refractivity contribution in [2.24, 2.45) is 0 Å². The van der Waals surface area contributed by atoms with Crippen molar-refractivity contribution >= 4 is 5.91 Å². The standard InChI is InChI=1S/C21H22FNO3/c1-26-18-4-2-3-16(13-18)20(9-10-20)19(24)23-12-11-21(25,14-23)15-5-7-17(22)8-6-15/h2-8,13,25H,9-12,14H2,1H3. The molecule has 1 unspecified atom stereocenters. The molecule has 2 aromatic rings. The van der Waals surface area contributed by atoms with E-state index in [9.17, 15) is 14.3 Å². The van der Waals surface area contributed by atoms with Crippen molar-refractivity contribution in [1.29, 1.82) is 0 Å². The Morgan fingerprint density at radius 2 is 1.85 bits per heavy atom. The molecule has 136 valence electrons. The zero-order chi connectivity index (χ0) is 18.4. The van der Waals surface area contributed by atoms with Crippen LogP contribution in [0.2, 0.25) is 0 Å². The molecule has 4 rings (SSSR count). The molecule has 2 aliphatic rings. The van der Waals surface area contributed by atoms with E-state index in [0.717, 1.165) is 24.2 Å². The van der Waals surface area contributed by atoms with E-state index in [0.29, 0.717) is 18.5 Å². The fraction of sp³-hybridized carbons (Fsp3) is 0.381. The Morgan fingerprint density at radius 1 is 1.12 bits per heavy atom. The smallest absolute Gasteiger partial charge is 0.233 e. The fourth-order valence-corrected chi connectivity index (χ4v) is 3.94. The molecule has 0 spiro atoms. The fourth-order valence-electron chi connectivity index (χ4n) is 3.94. The van der Waals surface area contributed by atoms with Gasteiger partial charge in [-0.2, -0.15) is 0 Å². The Labute approximate surface area is 152 Å². The molecule has 1 aliphatic carbocycles. The van der Waals surface area contributed by atoms with Gasteiger partial charge in [-0.25, -0.2) is 4.39 Å². The number of hydrogen-bond donors (Lipinski definition) is 1. The van der Waals surface area contributed by atoms with Crippen molar-refractivity contribution < 1.29 is 19.0 Å². The van der Waals surface area contributed by atoms with Gasteiger partial charge in [0.05, 0.1) is 19.1 Å². The molecule has 0 bridgehead atoms. The first-order valence-electron chi connectivity index (χ1n) is 8.89. The first-order chi connectivity index (χ1) is 12.5. The van der Waals surface area contributed by atoms with E-state index < -0.39 is 11.0 Å². The SMILES string of the molecule is COc1cccc(C2(C(=O)N3CCC(O)(c4ccc(F)cc4)C3)CC2)c1. The topological polar surface area (TPSA) is 49.8 Å². The van der Waals surface area contributed by atoms with E-state index in [1.54, 1.807) is 24.1 Å². The van der Waals surface area contributed by atoms with Gasteiger partial charge in [-0.1, -0.05) is 24.3 Å². The summed E-state index contributed by atoms with van der Waals surface area (Å²) >= 11 is 0. The van der Waals surface area contributed by atoms with E-state index in [1.807, 2.05) is 24.3 Å². The maximum absolute atomic E-state index is 13.2. The molecule has 1 saturated carbocycles. The first kappa shape index (κ1) is 17.0. The summed E-state index contributed by atoms with van der Waals surface area (Å²) in [5.74, 6) is 0.466. The van der Waals surface area contributed by atoms with Crippen molar-refractivity contribution in [1.82, 2.24) is 4.90 Å². The number of nitrogens with zero attached hydrogens (tertiary/aromatic N) is 1. The summed E-state index contributed by atoms with van der Waals surface area (Å²) in [4.78, 5) is 15.0. The minimum Gasteiger partial charge on any atom is -0.497 e. The van der Waals surface area contributed by atoms with Gasteiger partial charge in [-0.15, -0.1) is 0 Å². The highest BCUT2D eigenvalue weighted by atomic mass is 19.1. The molecule has 1 N–H and O–H groups in total. The molecule has 1 amide bonds. The summed E-state index contributed by atoms with van der Waals surface area (Å²) in [6.45, 7) is 0.738. The highest BCUT2D eigenvalue weighted by Gasteiger charge is 2.55. The molecule has 1 heterocycles. The second kappa shape index (κ2) is 6.09. The summed E-state index contributed by atoms with van der Waals surface area (Å²) in [6, 6.07) is 13.5. The average molecular weight is 355 g/mol. The number of rotatable bonds is 4. The monoisotopic (exact) mass is 355 g/mol. The van der Waals surface area contributed by atoms with E-state index in [-0.39, 0.29) is 18.3 Å². The van der Waals surface area contributed by atoms with Crippen molar-refractivity contribution in [3.63, 3.8) is 0 Å². The highest BCUT2D eigenvalue weighted by molar-refractivity contribution is 5.91. The van der Waals surface area contributed by atoms with E-state index in [2.05, 4.69) is 0 Å². The molecule has 5 heteroatoms. The number of halogens is 1. The minimum atomic E-state index is -1.12. The van der Waals surface area contributed by atoms with Gasteiger partial charge in [0.2, 0.25) is 5.91 Å². The lowest BCUT2D eigenvalue weighted by molar-refractivity contribution is -0.134. The van der Waals surface area contributed by atoms with Crippen LogP contribution in [-0.4, -0.2) is 36.1 Å². The van der Waals surface area contributed by atoms with E-state index >= 15 is 0 Å². The van der Waals surface area contributed by atoms with Crippen LogP contribution in [0.3, 0.4) is 0 Å². The van der Waals surface area contributed by atoms with Gasteiger partial charge in [-0.05, 0) is 54.7 Å². The van der Waals surface area contributed by atoms with Crippen LogP contribution < -0.4 is 4.74 Å². The Bertz CT molecular complexity index is 831. The van der Waals surface area contributed by atoms with E-state index in [1.165, 1.54) is 12.1 Å². The molecule has 0 radical (unpaired) electrons. The maximum atomic E-state index is 13.2. The normalized spacial score (nSPS) is 23.7. The van der Waals surface area contributed by atoms with Crippen LogP contribution >= 0.6 is 0 Å². The van der Waals surface area contributed by atoms with Gasteiger partial charge in [0.1, 0.15) is 17.2 Å². The Morgan fingerprint density at radius 3 is 2.50 bits per heavy atom. The summed E-state index contributed by atoms with van der Waals surface area (Å²) in [5.41, 5.74) is 0.00986. The van der Waals surface area contributed by atoms with Crippen LogP contribution in [-0.2, 0) is 15.8 Å². The van der Waals surface area contributed by atoms with Crippen molar-refractivity contribution in [3.8, 4) is 5.75 Å². The second-order valence-corrected chi connectivity index (χ2v) is 7.33. The van der Waals surface area contributed by atoms with Crippen LogP contribution in [0.15, 0.2) is 48.5 Å². The molecule has 1 aliphatic heterocycles. The zero-order valence-corrected chi connectivity index (χ0v) is 14.7. The zero-order valence-electron chi connectivity index (χ0n) is 14.7. The summed E-state index contributed by atoms with van der Waals surface area (Å²) in [5, 5.41) is 11.0. The lowest BCUT2D eigenvalue weighted by atomic mass is 9.92. The average Bonchev–Trinajstić information content (AvgIpc) is 3.38. The Hall–Kier alpha value is -2.40. The number of likely N-dealkylation sites (tertiary alicyclic amines) is 1. The number of β-amino-alcohol motifs (C(OH)–C–C–N with tert-alkyl or cyclic N) is 1. The van der Waals surface area contributed by atoms with Crippen LogP contribution in [0.25, 0.3) is 0 Å². The molecule has 4 nitrogen and oxygen atoms in total. The van der Waals surface area contributed by atoms with Crippen LogP contribution in [0, 0.1) is 5.82 Å². The number of aliphatic hydroxyl groups is 1. The second-order valence-electron chi connectivity index (χ2n) is 7.33. The number of carbonyl (C=O) groups excluding carboxylic acids is 1. The maximum Gasteiger partial charge on any atom is 0.233 e. The number of methoxy groups -OCH3 is 1. The highest BCUT2D eigenvalue weighted by Crippen LogP contribution is 2.51. The molecule has 1 atom stereocenters. The number of amides is 1. The molecule has 1 saturated heterocycles. The number of benzene rings is 2. The predicted molar refractivity (Wildman–Crippen MR) is 95.4 cm³/mol. The summed E-state index contributed by atoms with van der Waals surface area (Å²) in [6.07, 6.45) is 2.08. The summed E-state index contributed by atoms with van der Waals surface area (Å²) < 4.78 is 18.4. The van der Waals surface area contributed by atoms with Gasteiger partial charge >= 0.3 is 0 Å². The van der Waals surface area contributed by atoms with Crippen LogP contribution in [0.1, 0.15) is 30.4 Å². The number of ether oxygens (including phenoxy) is 1. The Balaban J connectivity index is 1.55. The Kier molecular flexibility index (Phi) is 3.99. The van der Waals surface area contributed by atoms with Crippen LogP contribution in [0.4, 0.5) is 4.39 Å². The third kappa shape index (κ3) is 2.76. The van der Waals surface area contributed by atoms with Crippen molar-refractivity contribution in [2.75, 3.05) is 20.2 Å². The molecule has 2 aromatic carbocycles. The lowest BCUT2D eigenvalue weighted by Crippen LogP contribution is -2.40. The third-order valence-electron chi connectivity index (χ3n) is 5.70. The van der Waals surface area contributed by atoms with Gasteiger partial charge in [0, 0.05) is 6.54 Å². The number of hydrogen-bond acceptors (Lipinski definition) is 3.